The Bertz CT molecular complexity index is 654. The molecule has 4 heteroatoms. The average Bonchev–Trinajstić information content (AvgIpc) is 2.54. The molecule has 0 spiro atoms. The highest BCUT2D eigenvalue weighted by molar-refractivity contribution is 5.92. The summed E-state index contributed by atoms with van der Waals surface area (Å²) in [6, 6.07) is 13.6. The van der Waals surface area contributed by atoms with Crippen LogP contribution in [-0.4, -0.2) is 19.0 Å². The van der Waals surface area contributed by atoms with Crippen molar-refractivity contribution >= 4 is 11.9 Å². The van der Waals surface area contributed by atoms with Gasteiger partial charge in [-0.05, 0) is 47.9 Å². The molecular weight excluding hydrogens is 280 g/mol. The van der Waals surface area contributed by atoms with Gasteiger partial charge in [-0.15, -0.1) is 0 Å². The Morgan fingerprint density at radius 2 is 1.32 bits per heavy atom. The molecule has 0 radical (unpaired) electrons. The van der Waals surface area contributed by atoms with Gasteiger partial charge >= 0.3 is 11.9 Å². The fourth-order valence-electron chi connectivity index (χ4n) is 1.95. The van der Waals surface area contributed by atoms with E-state index >= 15 is 0 Å². The van der Waals surface area contributed by atoms with Crippen LogP contribution in [0.5, 0.6) is 5.75 Å². The van der Waals surface area contributed by atoms with Crippen molar-refractivity contribution in [2.24, 2.45) is 0 Å². The van der Waals surface area contributed by atoms with Crippen molar-refractivity contribution in [2.45, 2.75) is 19.8 Å². The van der Waals surface area contributed by atoms with Gasteiger partial charge in [0.25, 0.3) is 0 Å². The number of hydrogen-bond acceptors (Lipinski definition) is 4. The van der Waals surface area contributed by atoms with Crippen LogP contribution in [0.1, 0.15) is 46.0 Å². The van der Waals surface area contributed by atoms with Crippen molar-refractivity contribution in [3.05, 3.63) is 65.2 Å². The molecule has 0 unspecified atom stereocenters. The molecule has 0 saturated heterocycles. The summed E-state index contributed by atoms with van der Waals surface area (Å²) >= 11 is 0. The minimum Gasteiger partial charge on any atom is -0.465 e. The molecule has 0 amide bonds. The molecule has 114 valence electrons. The second-order valence-corrected chi connectivity index (χ2v) is 5.18. The highest BCUT2D eigenvalue weighted by atomic mass is 16.5. The monoisotopic (exact) mass is 298 g/mol. The molecule has 0 bridgehead atoms. The molecule has 0 atom stereocenters. The van der Waals surface area contributed by atoms with Crippen molar-refractivity contribution < 1.29 is 19.1 Å². The minimum absolute atomic E-state index is 0.380. The summed E-state index contributed by atoms with van der Waals surface area (Å²) in [6.07, 6.45) is 0. The number of methoxy groups -OCH3 is 1. The summed E-state index contributed by atoms with van der Waals surface area (Å²) in [5, 5.41) is 0. The number of hydrogen-bond donors (Lipinski definition) is 0. The largest absolute Gasteiger partial charge is 0.465 e. The number of carbonyl (C=O) groups is 2. The fraction of sp³-hybridized carbons (Fsp3) is 0.222. The molecule has 2 aromatic carbocycles. The smallest absolute Gasteiger partial charge is 0.343 e. The first-order valence-corrected chi connectivity index (χ1v) is 7.01. The predicted molar refractivity (Wildman–Crippen MR) is 83.3 cm³/mol. The average molecular weight is 298 g/mol. The van der Waals surface area contributed by atoms with E-state index in [4.69, 9.17) is 4.74 Å². The summed E-state index contributed by atoms with van der Waals surface area (Å²) in [6.45, 7) is 4.19. The summed E-state index contributed by atoms with van der Waals surface area (Å²) < 4.78 is 9.89. The molecule has 0 aliphatic rings. The van der Waals surface area contributed by atoms with Crippen LogP contribution in [0.3, 0.4) is 0 Å². The first-order chi connectivity index (χ1) is 10.5. The summed E-state index contributed by atoms with van der Waals surface area (Å²) in [5.41, 5.74) is 2.06. The van der Waals surface area contributed by atoms with E-state index in [-0.39, 0.29) is 0 Å². The van der Waals surface area contributed by atoms with Gasteiger partial charge in [0.15, 0.2) is 0 Å². The lowest BCUT2D eigenvalue weighted by Gasteiger charge is -2.07. The van der Waals surface area contributed by atoms with Crippen molar-refractivity contribution in [1.82, 2.24) is 0 Å². The standard InChI is InChI=1S/C18H18O4/c1-12(2)13-4-6-15(7-5-13)18(20)22-16-10-8-14(9-11-16)17(19)21-3/h4-12H,1-3H3. The van der Waals surface area contributed by atoms with Crippen molar-refractivity contribution in [3.8, 4) is 5.75 Å². The first kappa shape index (κ1) is 15.8. The summed E-state index contributed by atoms with van der Waals surface area (Å²) in [4.78, 5) is 23.4. The van der Waals surface area contributed by atoms with Gasteiger partial charge in [-0.25, -0.2) is 9.59 Å². The Labute approximate surface area is 129 Å². The van der Waals surface area contributed by atoms with Gasteiger partial charge in [-0.1, -0.05) is 26.0 Å². The van der Waals surface area contributed by atoms with Gasteiger partial charge in [-0.3, -0.25) is 0 Å². The second kappa shape index (κ2) is 6.89. The van der Waals surface area contributed by atoms with Crippen LogP contribution in [0.25, 0.3) is 0 Å². The van der Waals surface area contributed by atoms with E-state index in [1.54, 1.807) is 36.4 Å². The van der Waals surface area contributed by atoms with E-state index in [0.717, 1.165) is 0 Å². The molecule has 22 heavy (non-hydrogen) atoms. The second-order valence-electron chi connectivity index (χ2n) is 5.18. The number of esters is 2. The van der Waals surface area contributed by atoms with E-state index in [2.05, 4.69) is 18.6 Å². The zero-order chi connectivity index (χ0) is 16.1. The number of rotatable bonds is 4. The third kappa shape index (κ3) is 3.73. The predicted octanol–water partition coefficient (Wildman–Crippen LogP) is 3.82. The van der Waals surface area contributed by atoms with E-state index in [1.165, 1.54) is 12.7 Å². The van der Waals surface area contributed by atoms with E-state index in [1.807, 2.05) is 12.1 Å². The van der Waals surface area contributed by atoms with Gasteiger partial charge < -0.3 is 9.47 Å². The van der Waals surface area contributed by atoms with Gasteiger partial charge in [0.05, 0.1) is 18.2 Å². The normalized spacial score (nSPS) is 10.4. The Balaban J connectivity index is 2.06. The van der Waals surface area contributed by atoms with Crippen molar-refractivity contribution in [3.63, 3.8) is 0 Å². The molecule has 0 N–H and O–H groups in total. The highest BCUT2D eigenvalue weighted by Crippen LogP contribution is 2.17. The Morgan fingerprint density at radius 1 is 0.818 bits per heavy atom. The molecule has 0 aromatic heterocycles. The molecule has 0 heterocycles. The summed E-state index contributed by atoms with van der Waals surface area (Å²) in [5.74, 6) is -0.0650. The molecule has 2 aromatic rings. The first-order valence-electron chi connectivity index (χ1n) is 7.01. The zero-order valence-corrected chi connectivity index (χ0v) is 12.8. The molecule has 2 rings (SSSR count). The van der Waals surface area contributed by atoms with Crippen LogP contribution in [0.4, 0.5) is 0 Å². The third-order valence-corrected chi connectivity index (χ3v) is 3.30. The molecule has 4 nitrogen and oxygen atoms in total. The SMILES string of the molecule is COC(=O)c1ccc(OC(=O)c2ccc(C(C)C)cc2)cc1. The van der Waals surface area contributed by atoms with Crippen molar-refractivity contribution in [2.75, 3.05) is 7.11 Å². The van der Waals surface area contributed by atoms with Crippen LogP contribution in [0, 0.1) is 0 Å². The minimum atomic E-state index is -0.430. The highest BCUT2D eigenvalue weighted by Gasteiger charge is 2.10. The maximum absolute atomic E-state index is 12.1. The number of benzene rings is 2. The molecule has 0 fully saturated rings. The van der Waals surface area contributed by atoms with Gasteiger partial charge in [0, 0.05) is 0 Å². The van der Waals surface area contributed by atoms with Gasteiger partial charge in [-0.2, -0.15) is 0 Å². The van der Waals surface area contributed by atoms with Crippen molar-refractivity contribution in [1.29, 1.82) is 0 Å². The Morgan fingerprint density at radius 3 is 1.82 bits per heavy atom. The van der Waals surface area contributed by atoms with Crippen LogP contribution in [0.2, 0.25) is 0 Å². The van der Waals surface area contributed by atoms with Gasteiger partial charge in [0.1, 0.15) is 5.75 Å². The van der Waals surface area contributed by atoms with E-state index < -0.39 is 11.9 Å². The molecule has 0 saturated carbocycles. The number of ether oxygens (including phenoxy) is 2. The van der Waals surface area contributed by atoms with Crippen LogP contribution >= 0.6 is 0 Å². The topological polar surface area (TPSA) is 52.6 Å². The molecular formula is C18H18O4. The molecule has 0 aliphatic carbocycles. The van der Waals surface area contributed by atoms with Crippen LogP contribution in [0.15, 0.2) is 48.5 Å². The number of carbonyl (C=O) groups excluding carboxylic acids is 2. The van der Waals surface area contributed by atoms with Gasteiger partial charge in [0.2, 0.25) is 0 Å². The maximum Gasteiger partial charge on any atom is 0.343 e. The Kier molecular flexibility index (Phi) is 4.94. The third-order valence-electron chi connectivity index (χ3n) is 3.30. The lowest BCUT2D eigenvalue weighted by Crippen LogP contribution is -2.09. The maximum atomic E-state index is 12.1. The van der Waals surface area contributed by atoms with Crippen LogP contribution in [-0.2, 0) is 4.74 Å². The quantitative estimate of drug-likeness (QED) is 0.636. The molecule has 0 aliphatic heterocycles. The zero-order valence-electron chi connectivity index (χ0n) is 12.8. The lowest BCUT2D eigenvalue weighted by molar-refractivity contribution is 0.0600. The van der Waals surface area contributed by atoms with E-state index in [0.29, 0.717) is 22.8 Å². The lowest BCUT2D eigenvalue weighted by atomic mass is 10.0. The van der Waals surface area contributed by atoms with E-state index in [9.17, 15) is 9.59 Å². The Hall–Kier alpha value is -2.62. The summed E-state index contributed by atoms with van der Waals surface area (Å²) in [7, 11) is 1.32. The van der Waals surface area contributed by atoms with Crippen LogP contribution < -0.4 is 4.74 Å². The fourth-order valence-corrected chi connectivity index (χ4v) is 1.95.